The van der Waals surface area contributed by atoms with Crippen molar-refractivity contribution in [3.63, 3.8) is 0 Å². The van der Waals surface area contributed by atoms with Crippen LogP contribution >= 0.6 is 15.9 Å². The molecule has 0 saturated carbocycles. The largest absolute Gasteiger partial charge is 0.495 e. The Morgan fingerprint density at radius 3 is 2.44 bits per heavy atom. The highest BCUT2D eigenvalue weighted by Crippen LogP contribution is 2.31. The van der Waals surface area contributed by atoms with E-state index in [9.17, 15) is 18.0 Å². The maximum atomic E-state index is 13.4. The average molecular weight is 526 g/mol. The van der Waals surface area contributed by atoms with Gasteiger partial charge in [0.25, 0.3) is 0 Å². The van der Waals surface area contributed by atoms with Gasteiger partial charge in [-0.3, -0.25) is 13.9 Å². The Morgan fingerprint density at radius 1 is 1.19 bits per heavy atom. The Bertz CT molecular complexity index is 1090. The van der Waals surface area contributed by atoms with Gasteiger partial charge in [0, 0.05) is 18.1 Å². The Morgan fingerprint density at radius 2 is 1.88 bits per heavy atom. The second kappa shape index (κ2) is 10.8. The Balaban J connectivity index is 2.46. The van der Waals surface area contributed by atoms with Gasteiger partial charge in [-0.25, -0.2) is 8.42 Å². The van der Waals surface area contributed by atoms with Crippen LogP contribution in [0.5, 0.6) is 5.75 Å². The van der Waals surface area contributed by atoms with Crippen molar-refractivity contribution in [3.05, 3.63) is 58.1 Å². The first-order chi connectivity index (χ1) is 15.0. The van der Waals surface area contributed by atoms with Crippen LogP contribution < -0.4 is 14.4 Å². The topological polar surface area (TPSA) is 96.0 Å². The second-order valence-electron chi connectivity index (χ2n) is 7.39. The van der Waals surface area contributed by atoms with Gasteiger partial charge in [-0.05, 0) is 49.2 Å². The van der Waals surface area contributed by atoms with Crippen LogP contribution in [0.1, 0.15) is 18.1 Å². The number of hydrogen-bond donors (Lipinski definition) is 1. The molecule has 2 rings (SSSR count). The van der Waals surface area contributed by atoms with Crippen molar-refractivity contribution >= 4 is 43.5 Å². The summed E-state index contributed by atoms with van der Waals surface area (Å²) in [5.74, 6) is -0.547. The number of nitrogens with zero attached hydrogens (tertiary/aromatic N) is 2. The van der Waals surface area contributed by atoms with Crippen molar-refractivity contribution < 1.29 is 22.7 Å². The minimum Gasteiger partial charge on any atom is -0.495 e. The number of anilines is 1. The van der Waals surface area contributed by atoms with Gasteiger partial charge in [0.15, 0.2) is 0 Å². The molecular weight excluding hydrogens is 498 g/mol. The molecule has 2 aromatic rings. The molecule has 1 atom stereocenters. The summed E-state index contributed by atoms with van der Waals surface area (Å²) in [4.78, 5) is 27.1. The first-order valence-corrected chi connectivity index (χ1v) is 12.5. The van der Waals surface area contributed by atoms with E-state index in [0.717, 1.165) is 26.2 Å². The maximum Gasteiger partial charge on any atom is 0.244 e. The molecule has 0 bridgehead atoms. The number of likely N-dealkylation sites (N-methyl/N-ethyl adjacent to an activating group) is 1. The van der Waals surface area contributed by atoms with Gasteiger partial charge in [-0.15, -0.1) is 0 Å². The molecule has 0 saturated heterocycles. The summed E-state index contributed by atoms with van der Waals surface area (Å²) < 4.78 is 32.5. The monoisotopic (exact) mass is 525 g/mol. The number of methoxy groups -OCH3 is 1. The van der Waals surface area contributed by atoms with Crippen LogP contribution in [0.3, 0.4) is 0 Å². The van der Waals surface area contributed by atoms with Crippen LogP contribution in [-0.4, -0.2) is 58.1 Å². The zero-order chi connectivity index (χ0) is 24.1. The van der Waals surface area contributed by atoms with E-state index in [1.807, 2.05) is 31.2 Å². The molecule has 0 aliphatic carbocycles. The average Bonchev–Trinajstić information content (AvgIpc) is 2.73. The van der Waals surface area contributed by atoms with Crippen LogP contribution in [0, 0.1) is 6.92 Å². The van der Waals surface area contributed by atoms with Crippen LogP contribution in [0.2, 0.25) is 0 Å². The molecule has 8 nitrogen and oxygen atoms in total. The van der Waals surface area contributed by atoms with Crippen LogP contribution in [-0.2, 0) is 26.2 Å². The third-order valence-corrected chi connectivity index (χ3v) is 6.56. The lowest BCUT2D eigenvalue weighted by molar-refractivity contribution is -0.139. The number of rotatable bonds is 9. The summed E-state index contributed by atoms with van der Waals surface area (Å²) in [6, 6.07) is 11.6. The van der Waals surface area contributed by atoms with Gasteiger partial charge in [0.1, 0.15) is 18.3 Å². The van der Waals surface area contributed by atoms with Crippen molar-refractivity contribution in [1.82, 2.24) is 10.2 Å². The van der Waals surface area contributed by atoms with E-state index in [4.69, 9.17) is 4.74 Å². The Hall–Kier alpha value is -2.59. The molecule has 2 amide bonds. The zero-order valence-corrected chi connectivity index (χ0v) is 21.2. The van der Waals surface area contributed by atoms with E-state index in [0.29, 0.717) is 5.75 Å². The van der Waals surface area contributed by atoms with Crippen molar-refractivity contribution in [1.29, 1.82) is 0 Å². The second-order valence-corrected chi connectivity index (χ2v) is 10.2. The fraction of sp³-hybridized carbons (Fsp3) is 0.364. The predicted octanol–water partition coefficient (Wildman–Crippen LogP) is 2.70. The number of hydrogen-bond acceptors (Lipinski definition) is 5. The van der Waals surface area contributed by atoms with Crippen molar-refractivity contribution in [2.45, 2.75) is 26.4 Å². The number of carbonyl (C=O) groups is 2. The van der Waals surface area contributed by atoms with E-state index in [1.165, 1.54) is 19.1 Å². The minimum atomic E-state index is -3.83. The number of carbonyl (C=O) groups excluding carboxylic acids is 2. The smallest absolute Gasteiger partial charge is 0.244 e. The number of amides is 2. The first kappa shape index (κ1) is 25.7. The van der Waals surface area contributed by atoms with Gasteiger partial charge >= 0.3 is 0 Å². The molecule has 0 aromatic heterocycles. The molecule has 0 unspecified atom stereocenters. The fourth-order valence-corrected chi connectivity index (χ4v) is 4.50. The minimum absolute atomic E-state index is 0.134. The molecule has 0 radical (unpaired) electrons. The Labute approximate surface area is 197 Å². The highest BCUT2D eigenvalue weighted by molar-refractivity contribution is 9.10. The third kappa shape index (κ3) is 6.46. The maximum absolute atomic E-state index is 13.4. The molecular formula is C22H28BrN3O5S. The van der Waals surface area contributed by atoms with E-state index in [1.54, 1.807) is 25.1 Å². The summed E-state index contributed by atoms with van der Waals surface area (Å²) in [5, 5.41) is 2.54. The normalized spacial score (nSPS) is 12.1. The SMILES string of the molecule is CNC(=O)[C@H](C)N(Cc1cccc(Br)c1)C(=O)CN(c1cc(C)ccc1OC)S(C)(=O)=O. The molecule has 174 valence electrons. The van der Waals surface area contributed by atoms with Crippen LogP contribution in [0.4, 0.5) is 5.69 Å². The molecule has 0 heterocycles. The summed E-state index contributed by atoms with van der Waals surface area (Å²) in [7, 11) is -0.908. The number of sulfonamides is 1. The number of benzene rings is 2. The van der Waals surface area contributed by atoms with E-state index in [-0.39, 0.29) is 18.1 Å². The van der Waals surface area contributed by atoms with Crippen LogP contribution in [0.15, 0.2) is 46.9 Å². The summed E-state index contributed by atoms with van der Waals surface area (Å²) in [5.41, 5.74) is 1.87. The molecule has 32 heavy (non-hydrogen) atoms. The first-order valence-electron chi connectivity index (χ1n) is 9.85. The highest BCUT2D eigenvalue weighted by Gasteiger charge is 2.30. The number of nitrogens with one attached hydrogen (secondary N) is 1. The predicted molar refractivity (Wildman–Crippen MR) is 128 cm³/mol. The molecule has 1 N–H and O–H groups in total. The zero-order valence-electron chi connectivity index (χ0n) is 18.8. The Kier molecular flexibility index (Phi) is 8.68. The van der Waals surface area contributed by atoms with Gasteiger partial charge in [-0.1, -0.05) is 34.1 Å². The van der Waals surface area contributed by atoms with E-state index in [2.05, 4.69) is 21.2 Å². The number of ether oxygens (including phenoxy) is 1. The quantitative estimate of drug-likeness (QED) is 0.542. The summed E-state index contributed by atoms with van der Waals surface area (Å²) >= 11 is 3.40. The van der Waals surface area contributed by atoms with E-state index >= 15 is 0 Å². The fourth-order valence-electron chi connectivity index (χ4n) is 3.21. The summed E-state index contributed by atoms with van der Waals surface area (Å²) in [6.45, 7) is 3.08. The molecule has 0 fully saturated rings. The van der Waals surface area contributed by atoms with Gasteiger partial charge in [0.2, 0.25) is 21.8 Å². The van der Waals surface area contributed by atoms with E-state index < -0.39 is 28.5 Å². The van der Waals surface area contributed by atoms with Crippen LogP contribution in [0.25, 0.3) is 0 Å². The molecule has 0 spiro atoms. The number of aryl methyl sites for hydroxylation is 1. The third-order valence-electron chi connectivity index (χ3n) is 4.94. The van der Waals surface area contributed by atoms with Gasteiger partial charge in [-0.2, -0.15) is 0 Å². The molecule has 0 aliphatic rings. The number of halogens is 1. The van der Waals surface area contributed by atoms with Crippen molar-refractivity contribution in [2.75, 3.05) is 31.3 Å². The standard InChI is InChI=1S/C22H28BrN3O5S/c1-15-9-10-20(31-4)19(11-15)26(32(5,29)30)14-21(27)25(16(2)22(28)24-3)13-17-7-6-8-18(23)12-17/h6-12,16H,13-14H2,1-5H3,(H,24,28)/t16-/m0/s1. The molecule has 0 aliphatic heterocycles. The summed E-state index contributed by atoms with van der Waals surface area (Å²) in [6.07, 6.45) is 1.03. The van der Waals surface area contributed by atoms with Gasteiger partial charge < -0.3 is 15.0 Å². The highest BCUT2D eigenvalue weighted by atomic mass is 79.9. The van der Waals surface area contributed by atoms with Gasteiger partial charge in [0.05, 0.1) is 19.1 Å². The van der Waals surface area contributed by atoms with Crippen molar-refractivity contribution in [2.24, 2.45) is 0 Å². The molecule has 10 heteroatoms. The lowest BCUT2D eigenvalue weighted by atomic mass is 10.1. The lowest BCUT2D eigenvalue weighted by Crippen LogP contribution is -2.50. The molecule has 2 aromatic carbocycles. The lowest BCUT2D eigenvalue weighted by Gasteiger charge is -2.31. The van der Waals surface area contributed by atoms with Crippen molar-refractivity contribution in [3.8, 4) is 5.75 Å².